The molecule has 0 amide bonds. The Morgan fingerprint density at radius 1 is 1.40 bits per heavy atom. The van der Waals surface area contributed by atoms with Gasteiger partial charge in [-0.05, 0) is 38.0 Å². The van der Waals surface area contributed by atoms with Crippen molar-refractivity contribution in [1.29, 1.82) is 0 Å². The van der Waals surface area contributed by atoms with Gasteiger partial charge in [-0.2, -0.15) is 0 Å². The van der Waals surface area contributed by atoms with Crippen molar-refractivity contribution in [1.82, 2.24) is 0 Å². The standard InChI is InChI=1S/C12H18FNS/c1-12(2,14)9-10-4-3-5-11(8-10)15-7-6-13/h3-5,8H,6-7,9,14H2,1-2H3. The first-order valence-corrected chi connectivity index (χ1v) is 6.06. The number of thioether (sulfide) groups is 1. The van der Waals surface area contributed by atoms with Gasteiger partial charge in [0, 0.05) is 16.2 Å². The normalized spacial score (nSPS) is 11.7. The molecule has 0 aliphatic rings. The summed E-state index contributed by atoms with van der Waals surface area (Å²) in [7, 11) is 0. The summed E-state index contributed by atoms with van der Waals surface area (Å²) in [6, 6.07) is 8.16. The highest BCUT2D eigenvalue weighted by atomic mass is 32.2. The summed E-state index contributed by atoms with van der Waals surface area (Å²) in [4.78, 5) is 1.12. The Labute approximate surface area is 95.2 Å². The molecule has 0 bridgehead atoms. The molecule has 0 spiro atoms. The topological polar surface area (TPSA) is 26.0 Å². The minimum absolute atomic E-state index is 0.191. The Kier molecular flexibility index (Phi) is 4.61. The van der Waals surface area contributed by atoms with Crippen LogP contribution in [0.3, 0.4) is 0 Å². The van der Waals surface area contributed by atoms with Gasteiger partial charge < -0.3 is 5.73 Å². The molecule has 1 rings (SSSR count). The van der Waals surface area contributed by atoms with Gasteiger partial charge in [-0.15, -0.1) is 11.8 Å². The number of hydrogen-bond donors (Lipinski definition) is 1. The fourth-order valence-electron chi connectivity index (χ4n) is 1.43. The molecule has 3 heteroatoms. The van der Waals surface area contributed by atoms with Crippen molar-refractivity contribution in [2.24, 2.45) is 5.73 Å². The predicted octanol–water partition coefficient (Wildman–Crippen LogP) is 3.03. The zero-order valence-electron chi connectivity index (χ0n) is 9.29. The van der Waals surface area contributed by atoms with Crippen molar-refractivity contribution in [3.05, 3.63) is 29.8 Å². The Balaban J connectivity index is 2.66. The van der Waals surface area contributed by atoms with E-state index in [1.807, 2.05) is 26.0 Å². The van der Waals surface area contributed by atoms with E-state index in [0.29, 0.717) is 5.75 Å². The zero-order valence-corrected chi connectivity index (χ0v) is 10.1. The lowest BCUT2D eigenvalue weighted by molar-refractivity contribution is 0.516. The molecule has 0 aliphatic carbocycles. The van der Waals surface area contributed by atoms with Crippen LogP contribution in [0.5, 0.6) is 0 Å². The molecule has 0 aliphatic heterocycles. The molecular formula is C12H18FNS. The molecule has 1 aromatic carbocycles. The third-order valence-corrected chi connectivity index (χ3v) is 2.85. The fourth-order valence-corrected chi connectivity index (χ4v) is 2.15. The molecule has 84 valence electrons. The summed E-state index contributed by atoms with van der Waals surface area (Å²) >= 11 is 1.54. The van der Waals surface area contributed by atoms with Crippen molar-refractivity contribution in [2.45, 2.75) is 30.7 Å². The van der Waals surface area contributed by atoms with E-state index in [1.54, 1.807) is 11.8 Å². The Morgan fingerprint density at radius 3 is 2.73 bits per heavy atom. The summed E-state index contributed by atoms with van der Waals surface area (Å²) in [5.41, 5.74) is 6.97. The van der Waals surface area contributed by atoms with Crippen molar-refractivity contribution in [2.75, 3.05) is 12.4 Å². The number of nitrogens with two attached hydrogens (primary N) is 1. The molecule has 0 saturated heterocycles. The predicted molar refractivity (Wildman–Crippen MR) is 65.1 cm³/mol. The molecular weight excluding hydrogens is 209 g/mol. The van der Waals surface area contributed by atoms with Crippen LogP contribution in [0.4, 0.5) is 4.39 Å². The average Bonchev–Trinajstić information content (AvgIpc) is 2.12. The summed E-state index contributed by atoms with van der Waals surface area (Å²) in [5.74, 6) is 0.523. The second-order valence-corrected chi connectivity index (χ2v) is 5.52. The highest BCUT2D eigenvalue weighted by molar-refractivity contribution is 7.99. The fraction of sp³-hybridized carbons (Fsp3) is 0.500. The minimum atomic E-state index is -0.280. The van der Waals surface area contributed by atoms with Gasteiger partial charge in [0.1, 0.15) is 0 Å². The number of benzene rings is 1. The highest BCUT2D eigenvalue weighted by Gasteiger charge is 2.11. The monoisotopic (exact) mass is 227 g/mol. The molecule has 0 radical (unpaired) electrons. The van der Waals surface area contributed by atoms with Crippen LogP contribution in [0.1, 0.15) is 19.4 Å². The van der Waals surface area contributed by atoms with Crippen molar-refractivity contribution < 1.29 is 4.39 Å². The molecule has 1 nitrogen and oxygen atoms in total. The van der Waals surface area contributed by atoms with Gasteiger partial charge in [0.05, 0.1) is 6.67 Å². The van der Waals surface area contributed by atoms with Crippen LogP contribution >= 0.6 is 11.8 Å². The molecule has 0 atom stereocenters. The van der Waals surface area contributed by atoms with Crippen LogP contribution < -0.4 is 5.73 Å². The maximum absolute atomic E-state index is 12.0. The second-order valence-electron chi connectivity index (χ2n) is 4.35. The quantitative estimate of drug-likeness (QED) is 0.782. The first-order chi connectivity index (χ1) is 7.01. The first-order valence-electron chi connectivity index (χ1n) is 5.08. The van der Waals surface area contributed by atoms with Crippen LogP contribution in [0.2, 0.25) is 0 Å². The molecule has 0 aromatic heterocycles. The number of rotatable bonds is 5. The SMILES string of the molecule is CC(C)(N)Cc1cccc(SCCF)c1. The van der Waals surface area contributed by atoms with Crippen LogP contribution in [0, 0.1) is 0 Å². The maximum atomic E-state index is 12.0. The molecule has 0 saturated carbocycles. The van der Waals surface area contributed by atoms with E-state index in [1.165, 1.54) is 5.56 Å². The van der Waals surface area contributed by atoms with Crippen LogP contribution in [-0.2, 0) is 6.42 Å². The second kappa shape index (κ2) is 5.52. The van der Waals surface area contributed by atoms with E-state index in [2.05, 4.69) is 12.1 Å². The minimum Gasteiger partial charge on any atom is -0.325 e. The maximum Gasteiger partial charge on any atom is 0.0988 e. The molecule has 0 unspecified atom stereocenters. The molecule has 15 heavy (non-hydrogen) atoms. The van der Waals surface area contributed by atoms with Gasteiger partial charge in [-0.1, -0.05) is 12.1 Å². The third-order valence-electron chi connectivity index (χ3n) is 1.90. The van der Waals surface area contributed by atoms with Crippen LogP contribution in [-0.4, -0.2) is 18.0 Å². The molecule has 1 aromatic rings. The van der Waals surface area contributed by atoms with Crippen LogP contribution in [0.15, 0.2) is 29.2 Å². The van der Waals surface area contributed by atoms with E-state index >= 15 is 0 Å². The summed E-state index contributed by atoms with van der Waals surface area (Å²) in [6.45, 7) is 3.74. The smallest absolute Gasteiger partial charge is 0.0988 e. The highest BCUT2D eigenvalue weighted by Crippen LogP contribution is 2.20. The Hall–Kier alpha value is -0.540. The van der Waals surface area contributed by atoms with E-state index in [4.69, 9.17) is 5.73 Å². The molecule has 0 heterocycles. The average molecular weight is 227 g/mol. The number of halogens is 1. The van der Waals surface area contributed by atoms with Crippen molar-refractivity contribution >= 4 is 11.8 Å². The zero-order chi connectivity index (χ0) is 11.3. The van der Waals surface area contributed by atoms with Gasteiger partial charge in [0.15, 0.2) is 0 Å². The molecule has 0 fully saturated rings. The largest absolute Gasteiger partial charge is 0.325 e. The Morgan fingerprint density at radius 2 is 2.13 bits per heavy atom. The van der Waals surface area contributed by atoms with E-state index in [-0.39, 0.29) is 12.2 Å². The van der Waals surface area contributed by atoms with Crippen molar-refractivity contribution in [3.63, 3.8) is 0 Å². The van der Waals surface area contributed by atoms with E-state index < -0.39 is 0 Å². The van der Waals surface area contributed by atoms with Gasteiger partial charge in [0.25, 0.3) is 0 Å². The van der Waals surface area contributed by atoms with Gasteiger partial charge in [0.2, 0.25) is 0 Å². The lowest BCUT2D eigenvalue weighted by atomic mass is 9.96. The summed E-state index contributed by atoms with van der Waals surface area (Å²) in [5, 5.41) is 0. The first kappa shape index (κ1) is 12.5. The van der Waals surface area contributed by atoms with Crippen molar-refractivity contribution in [3.8, 4) is 0 Å². The van der Waals surface area contributed by atoms with Gasteiger partial charge in [-0.3, -0.25) is 4.39 Å². The molecule has 2 N–H and O–H groups in total. The van der Waals surface area contributed by atoms with Crippen LogP contribution in [0.25, 0.3) is 0 Å². The van der Waals surface area contributed by atoms with Gasteiger partial charge in [-0.25, -0.2) is 0 Å². The van der Waals surface area contributed by atoms with Gasteiger partial charge >= 0.3 is 0 Å². The third kappa shape index (κ3) is 5.19. The lowest BCUT2D eigenvalue weighted by Gasteiger charge is -2.18. The summed E-state index contributed by atoms with van der Waals surface area (Å²) in [6.07, 6.45) is 0.844. The summed E-state index contributed by atoms with van der Waals surface area (Å²) < 4.78 is 12.0. The number of alkyl halides is 1. The lowest BCUT2D eigenvalue weighted by Crippen LogP contribution is -2.34. The van der Waals surface area contributed by atoms with E-state index in [0.717, 1.165) is 11.3 Å². The Bertz CT molecular complexity index is 307. The van der Waals surface area contributed by atoms with E-state index in [9.17, 15) is 4.39 Å². The number of hydrogen-bond acceptors (Lipinski definition) is 2.